The maximum atomic E-state index is 7.11. The van der Waals surface area contributed by atoms with Gasteiger partial charge < -0.3 is 18.8 Å². The van der Waals surface area contributed by atoms with E-state index in [2.05, 4.69) is 330 Å². The Bertz CT molecular complexity index is 5450. The predicted octanol–water partition coefficient (Wildman–Crippen LogP) is 22.9. The summed E-state index contributed by atoms with van der Waals surface area (Å²) in [6.45, 7) is 21.2. The smallest absolute Gasteiger partial charge is 0.137 e. The fourth-order valence-corrected chi connectivity index (χ4v) is 14.2. The van der Waals surface area contributed by atoms with Gasteiger partial charge in [0.05, 0.1) is 38.8 Å². The van der Waals surface area contributed by atoms with Crippen LogP contribution >= 0.6 is 0 Å². The molecule has 0 aliphatic carbocycles. The molecule has 5 heterocycles. The summed E-state index contributed by atoms with van der Waals surface area (Å²) in [6.07, 6.45) is 1.95. The number of para-hydroxylation sites is 4. The van der Waals surface area contributed by atoms with Gasteiger partial charge in [-0.2, -0.15) is 0 Å². The topological polar surface area (TPSA) is 40.1 Å². The van der Waals surface area contributed by atoms with E-state index in [-0.39, 0.29) is 16.2 Å². The first kappa shape index (κ1) is 54.9. The molecular weight excluding hydrogens is 1090 g/mol. The van der Waals surface area contributed by atoms with E-state index in [0.29, 0.717) is 6.67 Å². The van der Waals surface area contributed by atoms with Crippen LogP contribution in [0.1, 0.15) is 79.0 Å². The van der Waals surface area contributed by atoms with Gasteiger partial charge in [-0.25, -0.2) is 4.98 Å². The van der Waals surface area contributed by atoms with Crippen molar-refractivity contribution in [2.45, 2.75) is 85.2 Å². The number of pyridine rings is 1. The molecule has 15 aromatic rings. The quantitative estimate of drug-likeness (QED) is 0.160. The summed E-state index contributed by atoms with van der Waals surface area (Å²) < 4.78 is 14.4. The molecule has 0 bridgehead atoms. The SMILES string of the molecule is CC(C)(C)c1ccc(-c2cc(-c3cccc4c5ccccc5c5ccccc5c5cccc6c5n(c34)CN6c3cccc(Oc4ccc5c6cc(-n7c8ccccc8c8ccccc87)ccc6n(-c6cc(C(C)(C)C)ccn6)c5c4)c3)cc(C(C)(C)C)c2)cc1. The van der Waals surface area contributed by atoms with Crippen LogP contribution < -0.4 is 9.64 Å². The summed E-state index contributed by atoms with van der Waals surface area (Å²) in [6, 6.07) is 92.1. The van der Waals surface area contributed by atoms with Gasteiger partial charge >= 0.3 is 0 Å². The molecule has 6 nitrogen and oxygen atoms in total. The molecule has 0 unspecified atom stereocenters. The molecule has 1 aliphatic rings. The van der Waals surface area contributed by atoms with Crippen LogP contribution in [-0.4, -0.2) is 18.7 Å². The van der Waals surface area contributed by atoms with Gasteiger partial charge in [0, 0.05) is 67.6 Å². The van der Waals surface area contributed by atoms with Crippen LogP contribution in [-0.2, 0) is 22.9 Å². The average molecular weight is 1170 g/mol. The van der Waals surface area contributed by atoms with E-state index in [0.717, 1.165) is 56.2 Å². The van der Waals surface area contributed by atoms with Crippen molar-refractivity contribution >= 4 is 98.3 Å². The fourth-order valence-electron chi connectivity index (χ4n) is 14.2. The molecule has 0 fully saturated rings. The van der Waals surface area contributed by atoms with Gasteiger partial charge in [-0.15, -0.1) is 0 Å². The molecule has 90 heavy (non-hydrogen) atoms. The van der Waals surface area contributed by atoms with Crippen LogP contribution in [0.5, 0.6) is 11.5 Å². The van der Waals surface area contributed by atoms with Gasteiger partial charge in [-0.3, -0.25) is 4.57 Å². The first-order chi connectivity index (χ1) is 43.5. The molecule has 4 aromatic heterocycles. The van der Waals surface area contributed by atoms with Crippen LogP contribution in [0.2, 0.25) is 0 Å². The van der Waals surface area contributed by atoms with Crippen LogP contribution in [0.15, 0.2) is 255 Å². The summed E-state index contributed by atoms with van der Waals surface area (Å²) in [5.74, 6) is 2.35. The van der Waals surface area contributed by atoms with Crippen LogP contribution in [0.3, 0.4) is 0 Å². The van der Waals surface area contributed by atoms with E-state index in [9.17, 15) is 0 Å². The number of hydrogen-bond acceptors (Lipinski definition) is 3. The number of ether oxygens (including phenoxy) is 1. The summed E-state index contributed by atoms with van der Waals surface area (Å²) in [7, 11) is 0. The van der Waals surface area contributed by atoms with E-state index in [1.54, 1.807) is 0 Å². The molecule has 0 saturated heterocycles. The predicted molar refractivity (Wildman–Crippen MR) is 381 cm³/mol. The minimum atomic E-state index is -0.110. The second-order valence-corrected chi connectivity index (χ2v) is 27.7. The highest BCUT2D eigenvalue weighted by Crippen LogP contribution is 2.47. The third-order valence-corrected chi connectivity index (χ3v) is 18.8. The normalized spacial score (nSPS) is 12.9. The maximum absolute atomic E-state index is 7.11. The molecule has 0 spiro atoms. The first-order valence-electron chi connectivity index (χ1n) is 31.6. The van der Waals surface area contributed by atoms with E-state index in [1.165, 1.54) is 104 Å². The summed E-state index contributed by atoms with van der Waals surface area (Å²) in [5, 5.41) is 11.9. The highest BCUT2D eigenvalue weighted by atomic mass is 16.5. The third-order valence-electron chi connectivity index (χ3n) is 18.8. The summed E-state index contributed by atoms with van der Waals surface area (Å²) in [5.41, 5.74) is 18.6. The standard InChI is InChI=1S/C84H71N5O/c1-82(2,3)56-37-35-53(36-38-56)54-45-55(47-58(46-54)84(7,8)9)63-29-19-30-71-66-25-12-10-23-64(66)65-24-11-13-26-67(65)72-31-20-34-77-81(72)87(80(63)71)52-86(77)59-21-18-22-61(49-59)90-62-40-41-70-73-50-60(88-74-32-16-14-27-68(74)69-28-15-17-33-75(69)88)39-42-76(73)89(78(70)51-62)79-48-57(43-44-85-79)83(4,5)6/h10-51H,52H2,1-9H3. The van der Waals surface area contributed by atoms with Crippen LogP contribution in [0.25, 0.3) is 121 Å². The highest BCUT2D eigenvalue weighted by molar-refractivity contribution is 6.22. The number of rotatable bonds is 7. The second-order valence-electron chi connectivity index (χ2n) is 27.7. The van der Waals surface area contributed by atoms with Crippen LogP contribution in [0, 0.1) is 0 Å². The van der Waals surface area contributed by atoms with Crippen molar-refractivity contribution in [1.29, 1.82) is 0 Å². The highest BCUT2D eigenvalue weighted by Gasteiger charge is 2.28. The zero-order chi connectivity index (χ0) is 61.4. The minimum Gasteiger partial charge on any atom is -0.457 e. The Morgan fingerprint density at radius 3 is 1.56 bits per heavy atom. The number of aromatic nitrogens is 4. The number of anilines is 2. The molecule has 11 aromatic carbocycles. The molecule has 438 valence electrons. The Hall–Kier alpha value is -10.4. The number of hydrogen-bond donors (Lipinski definition) is 0. The monoisotopic (exact) mass is 1170 g/mol. The molecule has 0 N–H and O–H groups in total. The van der Waals surface area contributed by atoms with E-state index < -0.39 is 0 Å². The molecule has 16 rings (SSSR count). The van der Waals surface area contributed by atoms with Crippen molar-refractivity contribution in [2.24, 2.45) is 0 Å². The van der Waals surface area contributed by atoms with Gasteiger partial charge in [0.2, 0.25) is 0 Å². The summed E-state index contributed by atoms with van der Waals surface area (Å²) in [4.78, 5) is 7.56. The molecular formula is C84H71N5O. The van der Waals surface area contributed by atoms with Crippen molar-refractivity contribution in [3.8, 4) is 45.3 Å². The lowest BCUT2D eigenvalue weighted by atomic mass is 9.82. The van der Waals surface area contributed by atoms with Crippen molar-refractivity contribution in [3.63, 3.8) is 0 Å². The number of benzene rings is 11. The third kappa shape index (κ3) is 9.10. The number of nitrogens with zero attached hydrogens (tertiary/aromatic N) is 5. The molecule has 6 heteroatoms. The molecule has 0 saturated carbocycles. The average Bonchev–Trinajstić information content (AvgIpc) is 1.57. The minimum absolute atomic E-state index is 0.0542. The Morgan fingerprint density at radius 2 is 0.889 bits per heavy atom. The van der Waals surface area contributed by atoms with Crippen molar-refractivity contribution in [3.05, 3.63) is 272 Å². The Labute approximate surface area is 525 Å². The zero-order valence-electron chi connectivity index (χ0n) is 52.6. The fraction of sp³-hybridized carbons (Fsp3) is 0.155. The van der Waals surface area contributed by atoms with Gasteiger partial charge in [-0.05, 0) is 150 Å². The lowest BCUT2D eigenvalue weighted by Gasteiger charge is -2.23. The van der Waals surface area contributed by atoms with Gasteiger partial charge in [0.25, 0.3) is 0 Å². The van der Waals surface area contributed by atoms with E-state index >= 15 is 0 Å². The van der Waals surface area contributed by atoms with Crippen molar-refractivity contribution < 1.29 is 4.74 Å². The first-order valence-corrected chi connectivity index (χ1v) is 31.6. The molecule has 1 aliphatic heterocycles. The van der Waals surface area contributed by atoms with Crippen molar-refractivity contribution in [2.75, 3.05) is 4.90 Å². The van der Waals surface area contributed by atoms with Crippen molar-refractivity contribution in [1.82, 2.24) is 18.7 Å². The van der Waals surface area contributed by atoms with Gasteiger partial charge in [0.1, 0.15) is 24.0 Å². The van der Waals surface area contributed by atoms with Gasteiger partial charge in [0.15, 0.2) is 0 Å². The molecule has 0 atom stereocenters. The second kappa shape index (κ2) is 20.6. The van der Waals surface area contributed by atoms with Gasteiger partial charge in [-0.1, -0.05) is 220 Å². The Morgan fingerprint density at radius 1 is 0.333 bits per heavy atom. The molecule has 0 radical (unpaired) electrons. The largest absolute Gasteiger partial charge is 0.457 e. The zero-order valence-corrected chi connectivity index (χ0v) is 52.6. The van der Waals surface area contributed by atoms with Crippen LogP contribution in [0.4, 0.5) is 11.4 Å². The maximum Gasteiger partial charge on any atom is 0.137 e. The lowest BCUT2D eigenvalue weighted by molar-refractivity contribution is 0.483. The van der Waals surface area contributed by atoms with E-state index in [4.69, 9.17) is 9.72 Å². The van der Waals surface area contributed by atoms with E-state index in [1.807, 2.05) is 6.20 Å². The lowest BCUT2D eigenvalue weighted by Crippen LogP contribution is -2.15. The Kier molecular flexibility index (Phi) is 12.6. The Balaban J connectivity index is 0.860. The molecule has 0 amide bonds. The summed E-state index contributed by atoms with van der Waals surface area (Å²) >= 11 is 0. The number of fused-ring (bicyclic) bond motifs is 13.